The predicted molar refractivity (Wildman–Crippen MR) is 147 cm³/mol. The molecule has 0 unspecified atom stereocenters. The number of pyridine rings is 2. The molecule has 0 radical (unpaired) electrons. The molecule has 41 heavy (non-hydrogen) atoms. The number of nitrogens with one attached hydrogen (secondary N) is 1. The second-order valence-corrected chi connectivity index (χ2v) is 11.1. The van der Waals surface area contributed by atoms with Crippen LogP contribution in [0.4, 0.5) is 24.5 Å². The Hall–Kier alpha value is -4.02. The molecule has 2 aliphatic carbocycles. The molecule has 11 heteroatoms. The molecule has 0 bridgehead atoms. The monoisotopic (exact) mass is 564 g/mol. The first-order chi connectivity index (χ1) is 19.7. The normalized spacial score (nSPS) is 20.1. The summed E-state index contributed by atoms with van der Waals surface area (Å²) < 4.78 is 48.6. The molecule has 1 aromatic carbocycles. The number of hydrogen-bond donors (Lipinski definition) is 1. The summed E-state index contributed by atoms with van der Waals surface area (Å²) in [7, 11) is 1.25. The summed E-state index contributed by atoms with van der Waals surface area (Å²) in [5.74, 6) is 0.431. The fraction of sp³-hybridized carbons (Fsp3) is 0.433. The van der Waals surface area contributed by atoms with Gasteiger partial charge in [0.25, 0.3) is 0 Å². The summed E-state index contributed by atoms with van der Waals surface area (Å²) in [5, 5.41) is 11.3. The van der Waals surface area contributed by atoms with Gasteiger partial charge in [-0.1, -0.05) is 12.1 Å². The summed E-state index contributed by atoms with van der Waals surface area (Å²) in [6.45, 7) is 1.71. The topological polar surface area (TPSA) is 97.0 Å². The van der Waals surface area contributed by atoms with Crippen LogP contribution in [0, 0.1) is 12.8 Å². The third kappa shape index (κ3) is 5.62. The lowest BCUT2D eigenvalue weighted by Gasteiger charge is -2.35. The molecule has 1 atom stereocenters. The van der Waals surface area contributed by atoms with Gasteiger partial charge in [0.15, 0.2) is 6.04 Å². The fourth-order valence-electron chi connectivity index (χ4n) is 5.94. The largest absolute Gasteiger partial charge is 0.425 e. The Morgan fingerprint density at radius 2 is 1.71 bits per heavy atom. The van der Waals surface area contributed by atoms with E-state index < -0.39 is 24.0 Å². The van der Waals surface area contributed by atoms with E-state index in [-0.39, 0.29) is 11.5 Å². The molecule has 4 aromatic rings. The summed E-state index contributed by atoms with van der Waals surface area (Å²) in [4.78, 5) is 23.2. The number of rotatable bonds is 7. The van der Waals surface area contributed by atoms with Crippen LogP contribution < -0.4 is 5.32 Å². The number of halogens is 3. The smallest absolute Gasteiger partial charge is 0.413 e. The highest BCUT2D eigenvalue weighted by Gasteiger charge is 2.46. The van der Waals surface area contributed by atoms with E-state index in [1.807, 2.05) is 12.1 Å². The minimum Gasteiger partial charge on any atom is -0.425 e. The number of fused-ring (bicyclic) bond motifs is 1. The number of benzene rings is 1. The molecule has 0 spiro atoms. The van der Waals surface area contributed by atoms with Crippen molar-refractivity contribution in [3.8, 4) is 0 Å². The minimum absolute atomic E-state index is 0.00893. The molecule has 2 aliphatic rings. The quantitative estimate of drug-likeness (QED) is 0.259. The van der Waals surface area contributed by atoms with Crippen LogP contribution in [0.5, 0.6) is 0 Å². The van der Waals surface area contributed by atoms with E-state index in [0.717, 1.165) is 40.0 Å². The molecule has 1 amide bonds. The Labute approximate surface area is 235 Å². The van der Waals surface area contributed by atoms with E-state index in [2.05, 4.69) is 25.5 Å². The summed E-state index contributed by atoms with van der Waals surface area (Å²) in [6, 6.07) is 7.81. The average Bonchev–Trinajstić information content (AvgIpc) is 3.71. The number of aryl methyl sites for hydroxylation is 1. The van der Waals surface area contributed by atoms with Gasteiger partial charge in [-0.2, -0.15) is 13.2 Å². The zero-order valence-electron chi connectivity index (χ0n) is 22.9. The Morgan fingerprint density at radius 1 is 1.00 bits per heavy atom. The van der Waals surface area contributed by atoms with Crippen molar-refractivity contribution in [2.45, 2.75) is 69.5 Å². The number of amides is 1. The van der Waals surface area contributed by atoms with Crippen LogP contribution in [0.15, 0.2) is 53.2 Å². The van der Waals surface area contributed by atoms with Gasteiger partial charge in [-0.05, 0) is 74.3 Å². The fourth-order valence-corrected chi connectivity index (χ4v) is 5.94. The van der Waals surface area contributed by atoms with Gasteiger partial charge in [0.2, 0.25) is 17.7 Å². The van der Waals surface area contributed by atoms with Crippen LogP contribution in [0.2, 0.25) is 0 Å². The standard InChI is InChI=1S/C30H31F3N6O2/c1-17-37-38-28(41-17)20-7-9-21(10-8-20)29(40)39(2)27(30(31,32)33)19-11-13-22(14-12-19)36-24-16-35-23-4-3-15-34-26(23)25(24)18-5-6-18/h3-4,11-16,18,20-21,27,36H,5-10H2,1-2H3/t20?,21?,27-/m0/s1. The first-order valence-corrected chi connectivity index (χ1v) is 13.9. The van der Waals surface area contributed by atoms with Crippen LogP contribution in [-0.4, -0.2) is 44.2 Å². The van der Waals surface area contributed by atoms with E-state index >= 15 is 0 Å². The lowest BCUT2D eigenvalue weighted by Crippen LogP contribution is -2.43. The molecule has 3 heterocycles. The number of carbonyl (C=O) groups is 1. The molecule has 214 valence electrons. The van der Waals surface area contributed by atoms with Crippen molar-refractivity contribution in [2.24, 2.45) is 5.92 Å². The van der Waals surface area contributed by atoms with Crippen molar-refractivity contribution in [1.29, 1.82) is 0 Å². The highest BCUT2D eigenvalue weighted by Crippen LogP contribution is 2.46. The van der Waals surface area contributed by atoms with E-state index in [4.69, 9.17) is 4.42 Å². The van der Waals surface area contributed by atoms with Crippen LogP contribution >= 0.6 is 0 Å². The van der Waals surface area contributed by atoms with Gasteiger partial charge in [0.05, 0.1) is 22.9 Å². The van der Waals surface area contributed by atoms with Crippen LogP contribution in [0.3, 0.4) is 0 Å². The molecule has 0 saturated heterocycles. The van der Waals surface area contributed by atoms with Crippen LogP contribution in [0.25, 0.3) is 11.0 Å². The zero-order valence-corrected chi connectivity index (χ0v) is 22.9. The maximum absolute atomic E-state index is 14.4. The molecule has 0 aliphatic heterocycles. The Bertz CT molecular complexity index is 1540. The lowest BCUT2D eigenvalue weighted by atomic mass is 9.81. The maximum atomic E-state index is 14.4. The number of hydrogen-bond acceptors (Lipinski definition) is 7. The molecule has 2 saturated carbocycles. The maximum Gasteiger partial charge on any atom is 0.413 e. The van der Waals surface area contributed by atoms with E-state index in [1.54, 1.807) is 31.5 Å². The number of carbonyl (C=O) groups excluding carboxylic acids is 1. The first kappa shape index (κ1) is 27.2. The Balaban J connectivity index is 1.17. The highest BCUT2D eigenvalue weighted by molar-refractivity contribution is 5.85. The van der Waals surface area contributed by atoms with Gasteiger partial charge in [0, 0.05) is 43.3 Å². The summed E-state index contributed by atoms with van der Waals surface area (Å²) in [5.41, 5.74) is 4.19. The molecule has 2 fully saturated rings. The van der Waals surface area contributed by atoms with E-state index in [1.165, 1.54) is 19.2 Å². The summed E-state index contributed by atoms with van der Waals surface area (Å²) in [6.07, 6.45) is 3.17. The lowest BCUT2D eigenvalue weighted by molar-refractivity contribution is -0.191. The van der Waals surface area contributed by atoms with Gasteiger partial charge in [-0.15, -0.1) is 10.2 Å². The third-order valence-corrected chi connectivity index (χ3v) is 8.17. The minimum atomic E-state index is -4.63. The predicted octanol–water partition coefficient (Wildman–Crippen LogP) is 6.98. The van der Waals surface area contributed by atoms with E-state index in [0.29, 0.717) is 49.1 Å². The third-order valence-electron chi connectivity index (χ3n) is 8.17. The first-order valence-electron chi connectivity index (χ1n) is 13.9. The second kappa shape index (κ2) is 10.8. The molecule has 3 aromatic heterocycles. The van der Waals surface area contributed by atoms with Crippen molar-refractivity contribution in [2.75, 3.05) is 12.4 Å². The summed E-state index contributed by atoms with van der Waals surface area (Å²) >= 11 is 0. The van der Waals surface area contributed by atoms with Gasteiger partial charge in [-0.3, -0.25) is 14.8 Å². The molecule has 1 N–H and O–H groups in total. The number of alkyl halides is 3. The Kier molecular flexibility index (Phi) is 7.13. The zero-order chi connectivity index (χ0) is 28.7. The van der Waals surface area contributed by atoms with Crippen molar-refractivity contribution in [3.05, 3.63) is 71.7 Å². The van der Waals surface area contributed by atoms with Crippen molar-refractivity contribution < 1.29 is 22.4 Å². The van der Waals surface area contributed by atoms with Gasteiger partial charge >= 0.3 is 6.18 Å². The molecule has 6 rings (SSSR count). The van der Waals surface area contributed by atoms with Crippen molar-refractivity contribution in [3.63, 3.8) is 0 Å². The van der Waals surface area contributed by atoms with Crippen LogP contribution in [-0.2, 0) is 4.79 Å². The SMILES string of the molecule is Cc1nnc(C2CCC(C(=O)N(C)[C@@H](c3ccc(Nc4cnc5cccnc5c4C4CC4)cc3)C(F)(F)F)CC2)o1. The van der Waals surface area contributed by atoms with Crippen molar-refractivity contribution in [1.82, 2.24) is 25.1 Å². The van der Waals surface area contributed by atoms with Gasteiger partial charge in [0.1, 0.15) is 0 Å². The van der Waals surface area contributed by atoms with Crippen molar-refractivity contribution >= 4 is 28.3 Å². The van der Waals surface area contributed by atoms with Gasteiger partial charge < -0.3 is 14.6 Å². The number of aromatic nitrogens is 4. The Morgan fingerprint density at radius 3 is 2.34 bits per heavy atom. The van der Waals surface area contributed by atoms with Crippen LogP contribution in [0.1, 0.15) is 79.3 Å². The molecule has 8 nitrogen and oxygen atoms in total. The number of nitrogens with zero attached hydrogens (tertiary/aromatic N) is 5. The highest BCUT2D eigenvalue weighted by atomic mass is 19.4. The second-order valence-electron chi connectivity index (χ2n) is 11.1. The molecular weight excluding hydrogens is 533 g/mol. The van der Waals surface area contributed by atoms with E-state index in [9.17, 15) is 18.0 Å². The van der Waals surface area contributed by atoms with Gasteiger partial charge in [-0.25, -0.2) is 0 Å². The molecular formula is C30H31F3N6O2. The average molecular weight is 565 g/mol. The number of anilines is 2.